The molecule has 3 heteroatoms. The molecule has 0 aromatic carbocycles. The molecule has 0 unspecified atom stereocenters. The quantitative estimate of drug-likeness (QED) is 0.685. The summed E-state index contributed by atoms with van der Waals surface area (Å²) >= 11 is 3.22. The molecule has 1 heterocycles. The van der Waals surface area contributed by atoms with E-state index in [4.69, 9.17) is 0 Å². The van der Waals surface area contributed by atoms with Crippen molar-refractivity contribution in [2.24, 2.45) is 0 Å². The zero-order valence-corrected chi connectivity index (χ0v) is 9.45. The normalized spacial score (nSPS) is 8.75. The van der Waals surface area contributed by atoms with Crippen molar-refractivity contribution >= 4 is 15.9 Å². The SMILES string of the molecule is CC.Cc1c[nH]c(Br)c(C)c1=O. The molecule has 1 aromatic rings. The van der Waals surface area contributed by atoms with Crippen LogP contribution in [0.5, 0.6) is 0 Å². The Hall–Kier alpha value is -0.570. The summed E-state index contributed by atoms with van der Waals surface area (Å²) in [5, 5.41) is 0. The second-order valence-electron chi connectivity index (χ2n) is 2.24. The van der Waals surface area contributed by atoms with Crippen LogP contribution in [0.2, 0.25) is 0 Å². The van der Waals surface area contributed by atoms with Crippen LogP contribution in [0.1, 0.15) is 25.0 Å². The molecular formula is C9H14BrNO. The van der Waals surface area contributed by atoms with Gasteiger partial charge in [0, 0.05) is 17.3 Å². The summed E-state index contributed by atoms with van der Waals surface area (Å²) in [7, 11) is 0. The fourth-order valence-corrected chi connectivity index (χ4v) is 1.04. The molecule has 0 bridgehead atoms. The summed E-state index contributed by atoms with van der Waals surface area (Å²) in [6.07, 6.45) is 1.69. The lowest BCUT2D eigenvalue weighted by Gasteiger charge is -1.96. The predicted molar refractivity (Wildman–Crippen MR) is 55.6 cm³/mol. The molecule has 0 spiro atoms. The van der Waals surface area contributed by atoms with Crippen LogP contribution in [-0.4, -0.2) is 4.98 Å². The van der Waals surface area contributed by atoms with Crippen LogP contribution < -0.4 is 5.43 Å². The van der Waals surface area contributed by atoms with Gasteiger partial charge in [-0.3, -0.25) is 4.79 Å². The fourth-order valence-electron chi connectivity index (χ4n) is 0.741. The van der Waals surface area contributed by atoms with E-state index in [0.717, 1.165) is 15.7 Å². The van der Waals surface area contributed by atoms with E-state index in [-0.39, 0.29) is 5.43 Å². The number of nitrogens with one attached hydrogen (secondary N) is 1. The van der Waals surface area contributed by atoms with Crippen LogP contribution in [0, 0.1) is 13.8 Å². The molecule has 0 aliphatic carbocycles. The van der Waals surface area contributed by atoms with Crippen LogP contribution in [0.3, 0.4) is 0 Å². The fraction of sp³-hybridized carbons (Fsp3) is 0.444. The number of hydrogen-bond acceptors (Lipinski definition) is 1. The molecule has 1 N–H and O–H groups in total. The summed E-state index contributed by atoms with van der Waals surface area (Å²) < 4.78 is 0.767. The first-order chi connectivity index (χ1) is 5.63. The molecule has 0 saturated carbocycles. The number of halogens is 1. The highest BCUT2D eigenvalue weighted by molar-refractivity contribution is 9.10. The maximum Gasteiger partial charge on any atom is 0.188 e. The van der Waals surface area contributed by atoms with Crippen LogP contribution in [0.4, 0.5) is 0 Å². The summed E-state index contributed by atoms with van der Waals surface area (Å²) in [6, 6.07) is 0. The molecule has 0 aliphatic heterocycles. The van der Waals surface area contributed by atoms with Crippen LogP contribution in [0.25, 0.3) is 0 Å². The molecule has 0 amide bonds. The Bertz CT molecular complexity index is 304. The summed E-state index contributed by atoms with van der Waals surface area (Å²) in [6.45, 7) is 7.58. The van der Waals surface area contributed by atoms with Crippen LogP contribution >= 0.6 is 15.9 Å². The molecule has 0 atom stereocenters. The Kier molecular flexibility index (Phi) is 4.90. The summed E-state index contributed by atoms with van der Waals surface area (Å²) in [5.41, 5.74) is 1.59. The first-order valence-electron chi connectivity index (χ1n) is 3.97. The van der Waals surface area contributed by atoms with Crippen LogP contribution in [0.15, 0.2) is 15.6 Å². The van der Waals surface area contributed by atoms with Crippen molar-refractivity contribution in [2.45, 2.75) is 27.7 Å². The molecule has 68 valence electrons. The molecule has 0 fully saturated rings. The third-order valence-corrected chi connectivity index (χ3v) is 2.27. The van der Waals surface area contributed by atoms with Crippen molar-refractivity contribution in [3.63, 3.8) is 0 Å². The lowest BCUT2D eigenvalue weighted by atomic mass is 10.2. The monoisotopic (exact) mass is 231 g/mol. The van der Waals surface area contributed by atoms with Gasteiger partial charge in [0.05, 0.1) is 4.60 Å². The lowest BCUT2D eigenvalue weighted by molar-refractivity contribution is 1.14. The molecule has 0 saturated heterocycles. The predicted octanol–water partition coefficient (Wildman–Crippen LogP) is 2.78. The number of rotatable bonds is 0. The van der Waals surface area contributed by atoms with Gasteiger partial charge in [-0.2, -0.15) is 0 Å². The molecule has 1 rings (SSSR count). The van der Waals surface area contributed by atoms with E-state index in [1.807, 2.05) is 13.8 Å². The third kappa shape index (κ3) is 2.48. The average Bonchev–Trinajstić information content (AvgIpc) is 2.12. The maximum absolute atomic E-state index is 11.1. The highest BCUT2D eigenvalue weighted by Gasteiger charge is 1.99. The Morgan fingerprint density at radius 3 is 2.25 bits per heavy atom. The number of pyridine rings is 1. The van der Waals surface area contributed by atoms with Gasteiger partial charge in [-0.15, -0.1) is 0 Å². The minimum atomic E-state index is 0.102. The van der Waals surface area contributed by atoms with Gasteiger partial charge in [0.2, 0.25) is 0 Å². The van der Waals surface area contributed by atoms with Gasteiger partial charge >= 0.3 is 0 Å². The van der Waals surface area contributed by atoms with E-state index in [9.17, 15) is 4.79 Å². The average molecular weight is 232 g/mol. The number of hydrogen-bond donors (Lipinski definition) is 1. The highest BCUT2D eigenvalue weighted by atomic mass is 79.9. The summed E-state index contributed by atoms with van der Waals surface area (Å²) in [4.78, 5) is 14.1. The number of aromatic nitrogens is 1. The minimum Gasteiger partial charge on any atom is -0.355 e. The van der Waals surface area contributed by atoms with Gasteiger partial charge in [-0.1, -0.05) is 13.8 Å². The van der Waals surface area contributed by atoms with E-state index >= 15 is 0 Å². The highest BCUT2D eigenvalue weighted by Crippen LogP contribution is 2.07. The second kappa shape index (κ2) is 5.14. The molecule has 12 heavy (non-hydrogen) atoms. The van der Waals surface area contributed by atoms with Gasteiger partial charge in [0.1, 0.15) is 0 Å². The van der Waals surface area contributed by atoms with Crippen molar-refractivity contribution < 1.29 is 0 Å². The third-order valence-electron chi connectivity index (χ3n) is 1.44. The molecular weight excluding hydrogens is 218 g/mol. The first kappa shape index (κ1) is 11.4. The maximum atomic E-state index is 11.1. The Labute approximate surface area is 81.1 Å². The number of H-pyrrole nitrogens is 1. The van der Waals surface area contributed by atoms with Crippen molar-refractivity contribution in [1.29, 1.82) is 0 Å². The van der Waals surface area contributed by atoms with Crippen molar-refractivity contribution in [3.8, 4) is 0 Å². The van der Waals surface area contributed by atoms with Crippen LogP contribution in [-0.2, 0) is 0 Å². The first-order valence-corrected chi connectivity index (χ1v) is 4.76. The Morgan fingerprint density at radius 2 is 1.83 bits per heavy atom. The van der Waals surface area contributed by atoms with E-state index < -0.39 is 0 Å². The Balaban J connectivity index is 0.000000561. The molecule has 0 radical (unpaired) electrons. The van der Waals surface area contributed by atoms with Gasteiger partial charge in [0.25, 0.3) is 0 Å². The van der Waals surface area contributed by atoms with E-state index in [1.54, 1.807) is 20.0 Å². The largest absolute Gasteiger partial charge is 0.355 e. The molecule has 0 aliphatic rings. The number of aromatic amines is 1. The Morgan fingerprint density at radius 1 is 1.33 bits per heavy atom. The number of aryl methyl sites for hydroxylation is 1. The summed E-state index contributed by atoms with van der Waals surface area (Å²) in [5.74, 6) is 0. The molecule has 1 aromatic heterocycles. The van der Waals surface area contributed by atoms with E-state index in [1.165, 1.54) is 0 Å². The lowest BCUT2D eigenvalue weighted by Crippen LogP contribution is -2.09. The van der Waals surface area contributed by atoms with Gasteiger partial charge in [0.15, 0.2) is 5.43 Å². The topological polar surface area (TPSA) is 32.9 Å². The van der Waals surface area contributed by atoms with E-state index in [0.29, 0.717) is 0 Å². The van der Waals surface area contributed by atoms with Crippen molar-refractivity contribution in [3.05, 3.63) is 32.2 Å². The van der Waals surface area contributed by atoms with Crippen molar-refractivity contribution in [1.82, 2.24) is 4.98 Å². The zero-order chi connectivity index (χ0) is 9.72. The van der Waals surface area contributed by atoms with Gasteiger partial charge < -0.3 is 4.98 Å². The standard InChI is InChI=1S/C7H8BrNO.C2H6/c1-4-3-9-7(8)5(2)6(4)10;1-2/h3H,1-2H3,(H,9,10);1-2H3. The van der Waals surface area contributed by atoms with E-state index in [2.05, 4.69) is 20.9 Å². The van der Waals surface area contributed by atoms with Gasteiger partial charge in [-0.05, 0) is 29.8 Å². The zero-order valence-electron chi connectivity index (χ0n) is 7.86. The second-order valence-corrected chi connectivity index (χ2v) is 3.03. The molecule has 2 nitrogen and oxygen atoms in total. The minimum absolute atomic E-state index is 0.102. The van der Waals surface area contributed by atoms with Gasteiger partial charge in [-0.25, -0.2) is 0 Å². The van der Waals surface area contributed by atoms with Crippen molar-refractivity contribution in [2.75, 3.05) is 0 Å². The smallest absolute Gasteiger partial charge is 0.188 e.